The van der Waals surface area contributed by atoms with Crippen molar-refractivity contribution in [3.05, 3.63) is 0 Å². The number of likely N-dealkylation sites (tertiary alicyclic amines) is 3. The minimum atomic E-state index is 0.666. The van der Waals surface area contributed by atoms with Crippen LogP contribution < -0.4 is 0 Å². The van der Waals surface area contributed by atoms with Crippen molar-refractivity contribution in [1.82, 2.24) is 14.7 Å². The molecule has 3 nitrogen and oxygen atoms in total. The predicted octanol–water partition coefficient (Wildman–Crippen LogP) is 2.28. The van der Waals surface area contributed by atoms with Crippen LogP contribution >= 0.6 is 0 Å². The summed E-state index contributed by atoms with van der Waals surface area (Å²) in [5.41, 5.74) is 0.666. The van der Waals surface area contributed by atoms with Gasteiger partial charge in [-0.2, -0.15) is 0 Å². The van der Waals surface area contributed by atoms with Gasteiger partial charge in [-0.3, -0.25) is 9.80 Å². The molecule has 3 fully saturated rings. The molecule has 3 saturated heterocycles. The van der Waals surface area contributed by atoms with Gasteiger partial charge in [0, 0.05) is 43.2 Å². The van der Waals surface area contributed by atoms with E-state index in [0.717, 1.165) is 18.1 Å². The molecule has 0 amide bonds. The molecule has 0 radical (unpaired) electrons. The zero-order valence-electron chi connectivity index (χ0n) is 13.9. The third kappa shape index (κ3) is 2.77. The quantitative estimate of drug-likeness (QED) is 0.785. The molecule has 0 saturated carbocycles. The highest BCUT2D eigenvalue weighted by Gasteiger charge is 2.49. The smallest absolute Gasteiger partial charge is 0.0120 e. The van der Waals surface area contributed by atoms with Gasteiger partial charge in [0.2, 0.25) is 0 Å². The Bertz CT molecular complexity index is 325. The van der Waals surface area contributed by atoms with E-state index in [2.05, 4.69) is 42.4 Å². The summed E-state index contributed by atoms with van der Waals surface area (Å²) in [6.45, 7) is 17.4. The van der Waals surface area contributed by atoms with Crippen molar-refractivity contribution in [3.8, 4) is 0 Å². The lowest BCUT2D eigenvalue weighted by Gasteiger charge is -2.51. The molecule has 0 aromatic carbocycles. The van der Waals surface area contributed by atoms with E-state index >= 15 is 0 Å². The molecule has 0 aromatic rings. The van der Waals surface area contributed by atoms with Gasteiger partial charge in [-0.1, -0.05) is 0 Å². The van der Waals surface area contributed by atoms with Gasteiger partial charge in [0.15, 0.2) is 0 Å². The van der Waals surface area contributed by atoms with E-state index in [1.807, 2.05) is 0 Å². The fourth-order valence-electron chi connectivity index (χ4n) is 4.49. The van der Waals surface area contributed by atoms with E-state index in [0.29, 0.717) is 5.41 Å². The first-order valence-electron chi connectivity index (χ1n) is 8.71. The van der Waals surface area contributed by atoms with Gasteiger partial charge >= 0.3 is 0 Å². The Morgan fingerprint density at radius 1 is 0.800 bits per heavy atom. The second kappa shape index (κ2) is 5.58. The second-order valence-corrected chi connectivity index (χ2v) is 8.08. The minimum absolute atomic E-state index is 0.666. The monoisotopic (exact) mass is 279 g/mol. The van der Waals surface area contributed by atoms with Crippen molar-refractivity contribution in [2.75, 3.05) is 39.3 Å². The second-order valence-electron chi connectivity index (χ2n) is 8.08. The molecule has 3 heterocycles. The lowest BCUT2D eigenvalue weighted by Crippen LogP contribution is -2.60. The lowest BCUT2D eigenvalue weighted by molar-refractivity contribution is -0.0193. The SMILES string of the molecule is CC(C)N1CCC(N2CCC3(CN(C(C)C)C3)C2)CC1. The Kier molecular flexibility index (Phi) is 4.13. The van der Waals surface area contributed by atoms with E-state index in [1.165, 1.54) is 58.5 Å². The average molecular weight is 279 g/mol. The minimum Gasteiger partial charge on any atom is -0.301 e. The summed E-state index contributed by atoms with van der Waals surface area (Å²) >= 11 is 0. The van der Waals surface area contributed by atoms with Crippen LogP contribution in [-0.4, -0.2) is 72.1 Å². The molecular formula is C17H33N3. The summed E-state index contributed by atoms with van der Waals surface area (Å²) < 4.78 is 0. The van der Waals surface area contributed by atoms with Gasteiger partial charge in [0.1, 0.15) is 0 Å². The number of piperidine rings is 1. The molecule has 0 atom stereocenters. The summed E-state index contributed by atoms with van der Waals surface area (Å²) in [5.74, 6) is 0. The molecule has 20 heavy (non-hydrogen) atoms. The molecule has 3 rings (SSSR count). The summed E-state index contributed by atoms with van der Waals surface area (Å²) in [6, 6.07) is 2.34. The van der Waals surface area contributed by atoms with Crippen molar-refractivity contribution in [3.63, 3.8) is 0 Å². The fraction of sp³-hybridized carbons (Fsp3) is 1.00. The van der Waals surface area contributed by atoms with E-state index in [-0.39, 0.29) is 0 Å². The Balaban J connectivity index is 1.47. The third-order valence-electron chi connectivity index (χ3n) is 6.02. The summed E-state index contributed by atoms with van der Waals surface area (Å²) in [6.07, 6.45) is 4.23. The maximum atomic E-state index is 2.83. The van der Waals surface area contributed by atoms with Crippen molar-refractivity contribution >= 4 is 0 Å². The van der Waals surface area contributed by atoms with Crippen molar-refractivity contribution < 1.29 is 0 Å². The van der Waals surface area contributed by atoms with Crippen LogP contribution in [0.3, 0.4) is 0 Å². The molecule has 0 aromatic heterocycles. The van der Waals surface area contributed by atoms with Gasteiger partial charge in [-0.05, 0) is 66.6 Å². The normalized spacial score (nSPS) is 29.7. The molecule has 0 unspecified atom stereocenters. The largest absolute Gasteiger partial charge is 0.301 e. The Morgan fingerprint density at radius 2 is 1.40 bits per heavy atom. The molecule has 3 aliphatic rings. The topological polar surface area (TPSA) is 9.72 Å². The first-order valence-corrected chi connectivity index (χ1v) is 8.71. The number of hydrogen-bond acceptors (Lipinski definition) is 3. The zero-order valence-corrected chi connectivity index (χ0v) is 13.9. The van der Waals surface area contributed by atoms with E-state index < -0.39 is 0 Å². The maximum Gasteiger partial charge on any atom is 0.0120 e. The van der Waals surface area contributed by atoms with Gasteiger partial charge < -0.3 is 4.90 Å². The highest BCUT2D eigenvalue weighted by molar-refractivity contribution is 5.03. The molecule has 0 aliphatic carbocycles. The van der Waals surface area contributed by atoms with Crippen LogP contribution in [0.4, 0.5) is 0 Å². The van der Waals surface area contributed by atoms with E-state index in [4.69, 9.17) is 0 Å². The predicted molar refractivity (Wildman–Crippen MR) is 85.1 cm³/mol. The first-order chi connectivity index (χ1) is 9.49. The van der Waals surface area contributed by atoms with Crippen LogP contribution in [0.2, 0.25) is 0 Å². The maximum absolute atomic E-state index is 2.83. The van der Waals surface area contributed by atoms with Gasteiger partial charge in [0.25, 0.3) is 0 Å². The molecule has 3 aliphatic heterocycles. The number of nitrogens with zero attached hydrogens (tertiary/aromatic N) is 3. The highest BCUT2D eigenvalue weighted by atomic mass is 15.3. The van der Waals surface area contributed by atoms with Gasteiger partial charge in [-0.25, -0.2) is 0 Å². The summed E-state index contributed by atoms with van der Waals surface area (Å²) in [7, 11) is 0. The molecule has 3 heteroatoms. The fourth-order valence-corrected chi connectivity index (χ4v) is 4.49. The molecule has 0 bridgehead atoms. The third-order valence-corrected chi connectivity index (χ3v) is 6.02. The Labute approximate surface area is 125 Å². The van der Waals surface area contributed by atoms with Crippen LogP contribution in [0.25, 0.3) is 0 Å². The Morgan fingerprint density at radius 3 is 1.95 bits per heavy atom. The molecule has 0 N–H and O–H groups in total. The summed E-state index contributed by atoms with van der Waals surface area (Å²) in [4.78, 5) is 8.12. The lowest BCUT2D eigenvalue weighted by atomic mass is 9.78. The standard InChI is InChI=1S/C17H33N3/c1-14(2)18-8-5-16(6-9-18)19-10-7-17(11-19)12-20(13-17)15(3)4/h14-16H,5-13H2,1-4H3. The van der Waals surface area contributed by atoms with Crippen LogP contribution in [0, 0.1) is 5.41 Å². The average Bonchev–Trinajstić information content (AvgIpc) is 2.82. The van der Waals surface area contributed by atoms with Gasteiger partial charge in [0.05, 0.1) is 0 Å². The number of hydrogen-bond donors (Lipinski definition) is 0. The van der Waals surface area contributed by atoms with Crippen LogP contribution in [-0.2, 0) is 0 Å². The van der Waals surface area contributed by atoms with Gasteiger partial charge in [-0.15, -0.1) is 0 Å². The number of rotatable bonds is 3. The highest BCUT2D eigenvalue weighted by Crippen LogP contribution is 2.41. The zero-order chi connectivity index (χ0) is 14.3. The van der Waals surface area contributed by atoms with Crippen molar-refractivity contribution in [2.45, 2.75) is 65.1 Å². The molecule has 116 valence electrons. The van der Waals surface area contributed by atoms with Crippen molar-refractivity contribution in [1.29, 1.82) is 0 Å². The summed E-state index contributed by atoms with van der Waals surface area (Å²) in [5, 5.41) is 0. The Hall–Kier alpha value is -0.120. The van der Waals surface area contributed by atoms with Crippen LogP contribution in [0.15, 0.2) is 0 Å². The molecular weight excluding hydrogens is 246 g/mol. The van der Waals surface area contributed by atoms with E-state index in [1.54, 1.807) is 0 Å². The molecule has 1 spiro atoms. The van der Waals surface area contributed by atoms with E-state index in [9.17, 15) is 0 Å². The first kappa shape index (κ1) is 14.8. The van der Waals surface area contributed by atoms with Crippen LogP contribution in [0.1, 0.15) is 47.0 Å². The van der Waals surface area contributed by atoms with Crippen LogP contribution in [0.5, 0.6) is 0 Å². The van der Waals surface area contributed by atoms with Crippen molar-refractivity contribution in [2.24, 2.45) is 5.41 Å².